The van der Waals surface area contributed by atoms with Crippen molar-refractivity contribution in [2.45, 2.75) is 30.8 Å². The normalized spacial score (nSPS) is 15.7. The molecule has 0 radical (unpaired) electrons. The van der Waals surface area contributed by atoms with Crippen molar-refractivity contribution >= 4 is 49.1 Å². The molecule has 0 saturated heterocycles. The molecule has 0 fully saturated rings. The first-order chi connectivity index (χ1) is 15.7. The van der Waals surface area contributed by atoms with Crippen LogP contribution in [0.1, 0.15) is 18.1 Å². The van der Waals surface area contributed by atoms with E-state index in [4.69, 9.17) is 11.6 Å². The molecule has 172 valence electrons. The van der Waals surface area contributed by atoms with Crippen LogP contribution in [-0.4, -0.2) is 31.2 Å². The maximum Gasteiger partial charge on any atom is 0.243 e. The van der Waals surface area contributed by atoms with Crippen LogP contribution >= 0.6 is 27.5 Å². The van der Waals surface area contributed by atoms with E-state index in [1.807, 2.05) is 25.1 Å². The van der Waals surface area contributed by atoms with E-state index < -0.39 is 22.4 Å². The maximum absolute atomic E-state index is 14.4. The van der Waals surface area contributed by atoms with E-state index in [0.29, 0.717) is 11.4 Å². The fourth-order valence-corrected chi connectivity index (χ4v) is 5.91. The minimum Gasteiger partial charge on any atom is -0.308 e. The lowest BCUT2D eigenvalue weighted by molar-refractivity contribution is -0.119. The lowest BCUT2D eigenvalue weighted by Crippen LogP contribution is -2.44. The minimum atomic E-state index is -4.11. The summed E-state index contributed by atoms with van der Waals surface area (Å²) in [5, 5.41) is 0.388. The monoisotopic (exact) mass is 550 g/mol. The number of sulfonamides is 1. The van der Waals surface area contributed by atoms with Gasteiger partial charge in [0.2, 0.25) is 15.9 Å². The highest BCUT2D eigenvalue weighted by molar-refractivity contribution is 9.10. The van der Waals surface area contributed by atoms with E-state index in [9.17, 15) is 17.6 Å². The van der Waals surface area contributed by atoms with Crippen LogP contribution in [0.4, 0.5) is 10.1 Å². The molecule has 33 heavy (non-hydrogen) atoms. The van der Waals surface area contributed by atoms with E-state index in [1.54, 1.807) is 11.0 Å². The molecule has 3 aromatic rings. The van der Waals surface area contributed by atoms with E-state index in [0.717, 1.165) is 20.0 Å². The quantitative estimate of drug-likeness (QED) is 0.412. The van der Waals surface area contributed by atoms with Gasteiger partial charge in [-0.2, -0.15) is 4.31 Å². The smallest absolute Gasteiger partial charge is 0.243 e. The summed E-state index contributed by atoms with van der Waals surface area (Å²) >= 11 is 9.36. The Bertz CT molecular complexity index is 1300. The second-order valence-corrected chi connectivity index (χ2v) is 11.2. The van der Waals surface area contributed by atoms with Gasteiger partial charge in [-0.1, -0.05) is 45.7 Å². The first kappa shape index (κ1) is 23.9. The molecule has 1 aliphatic heterocycles. The van der Waals surface area contributed by atoms with Gasteiger partial charge in [0.1, 0.15) is 5.82 Å². The van der Waals surface area contributed by atoms with Crippen molar-refractivity contribution in [1.29, 1.82) is 0 Å². The molecule has 0 bridgehead atoms. The number of fused-ring (bicyclic) bond motifs is 1. The molecule has 4 rings (SSSR count). The fraction of sp³-hybridized carbons (Fsp3) is 0.208. The van der Waals surface area contributed by atoms with Gasteiger partial charge in [-0.25, -0.2) is 12.8 Å². The predicted molar refractivity (Wildman–Crippen MR) is 130 cm³/mol. The number of rotatable bonds is 6. The summed E-state index contributed by atoms with van der Waals surface area (Å²) in [7, 11) is -4.11. The van der Waals surface area contributed by atoms with Crippen LogP contribution in [-0.2, 0) is 27.8 Å². The van der Waals surface area contributed by atoms with Crippen LogP contribution in [0.3, 0.4) is 0 Å². The molecule has 0 aliphatic carbocycles. The number of nitrogens with zero attached hydrogens (tertiary/aromatic N) is 2. The van der Waals surface area contributed by atoms with Gasteiger partial charge in [-0.15, -0.1) is 0 Å². The molecular weight excluding hydrogens is 531 g/mol. The molecule has 5 nitrogen and oxygen atoms in total. The maximum atomic E-state index is 14.4. The van der Waals surface area contributed by atoms with Crippen molar-refractivity contribution in [2.75, 3.05) is 11.4 Å². The topological polar surface area (TPSA) is 57.7 Å². The van der Waals surface area contributed by atoms with Crippen LogP contribution in [0.5, 0.6) is 0 Å². The zero-order valence-electron chi connectivity index (χ0n) is 17.7. The van der Waals surface area contributed by atoms with E-state index in [2.05, 4.69) is 15.9 Å². The molecule has 1 aliphatic rings. The summed E-state index contributed by atoms with van der Waals surface area (Å²) in [4.78, 5) is 15.0. The fourth-order valence-electron chi connectivity index (χ4n) is 4.00. The van der Waals surface area contributed by atoms with Gasteiger partial charge in [-0.05, 0) is 67.4 Å². The Labute approximate surface area is 206 Å². The predicted octanol–water partition coefficient (Wildman–Crippen LogP) is 5.41. The summed E-state index contributed by atoms with van der Waals surface area (Å²) < 4.78 is 43.2. The van der Waals surface area contributed by atoms with Gasteiger partial charge in [-0.3, -0.25) is 4.79 Å². The largest absolute Gasteiger partial charge is 0.308 e. The molecule has 1 atom stereocenters. The summed E-state index contributed by atoms with van der Waals surface area (Å²) in [6.07, 6.45) is 0.664. The first-order valence-electron chi connectivity index (χ1n) is 10.3. The Hall–Kier alpha value is -2.26. The van der Waals surface area contributed by atoms with E-state index >= 15 is 0 Å². The van der Waals surface area contributed by atoms with Gasteiger partial charge < -0.3 is 4.90 Å². The van der Waals surface area contributed by atoms with Crippen LogP contribution in [0.15, 0.2) is 76.1 Å². The number of carbonyl (C=O) groups is 1. The average Bonchev–Trinajstić information content (AvgIpc) is 3.09. The Morgan fingerprint density at radius 1 is 1.15 bits per heavy atom. The molecule has 0 spiro atoms. The molecular formula is C24H21BrClFN2O3S. The molecule has 0 unspecified atom stereocenters. The lowest BCUT2D eigenvalue weighted by atomic mass is 10.1. The zero-order valence-corrected chi connectivity index (χ0v) is 20.9. The number of hydrogen-bond acceptors (Lipinski definition) is 3. The van der Waals surface area contributed by atoms with Crippen LogP contribution in [0, 0.1) is 5.82 Å². The third-order valence-electron chi connectivity index (χ3n) is 5.59. The van der Waals surface area contributed by atoms with Crippen LogP contribution in [0.25, 0.3) is 0 Å². The van der Waals surface area contributed by atoms with Gasteiger partial charge >= 0.3 is 0 Å². The van der Waals surface area contributed by atoms with Crippen molar-refractivity contribution in [1.82, 2.24) is 4.31 Å². The summed E-state index contributed by atoms with van der Waals surface area (Å²) in [5.74, 6) is -0.913. The zero-order chi connectivity index (χ0) is 23.8. The van der Waals surface area contributed by atoms with Crippen molar-refractivity contribution in [3.63, 3.8) is 0 Å². The number of anilines is 1. The van der Waals surface area contributed by atoms with Gasteiger partial charge in [0, 0.05) is 33.3 Å². The number of carbonyl (C=O) groups excluding carboxylic acids is 1. The minimum absolute atomic E-state index is 0.0187. The summed E-state index contributed by atoms with van der Waals surface area (Å²) in [5.41, 5.74) is 1.94. The molecule has 0 saturated carbocycles. The standard InChI is InChI=1S/C24H21BrClFN2O3S/c1-16-12-18-13-19(25)6-11-23(18)29(16)24(30)15-28(14-17-4-2-3-5-22(17)27)33(31,32)21-9-7-20(26)8-10-21/h2-11,13,16H,12,14-15H2,1H3/t16-/m0/s1. The lowest BCUT2D eigenvalue weighted by Gasteiger charge is -2.28. The molecule has 9 heteroatoms. The Morgan fingerprint density at radius 2 is 1.85 bits per heavy atom. The van der Waals surface area contributed by atoms with Crippen molar-refractivity contribution < 1.29 is 17.6 Å². The number of halogens is 3. The molecule has 0 aromatic heterocycles. The Balaban J connectivity index is 1.69. The van der Waals surface area contributed by atoms with Gasteiger partial charge in [0.25, 0.3) is 0 Å². The Kier molecular flexibility index (Phi) is 6.91. The summed E-state index contributed by atoms with van der Waals surface area (Å²) in [6, 6.07) is 17.1. The molecule has 1 amide bonds. The Morgan fingerprint density at radius 3 is 2.55 bits per heavy atom. The van der Waals surface area contributed by atoms with Crippen molar-refractivity contribution in [3.05, 3.63) is 93.2 Å². The first-order valence-corrected chi connectivity index (χ1v) is 12.9. The van der Waals surface area contributed by atoms with Gasteiger partial charge in [0.15, 0.2) is 0 Å². The van der Waals surface area contributed by atoms with E-state index in [1.165, 1.54) is 42.5 Å². The molecule has 1 heterocycles. The third-order valence-corrected chi connectivity index (χ3v) is 8.14. The van der Waals surface area contributed by atoms with Crippen molar-refractivity contribution in [3.8, 4) is 0 Å². The highest BCUT2D eigenvalue weighted by atomic mass is 79.9. The second-order valence-electron chi connectivity index (χ2n) is 7.91. The van der Waals surface area contributed by atoms with Crippen LogP contribution in [0.2, 0.25) is 5.02 Å². The second kappa shape index (κ2) is 9.54. The number of hydrogen-bond donors (Lipinski definition) is 0. The van der Waals surface area contributed by atoms with Crippen LogP contribution < -0.4 is 4.90 Å². The average molecular weight is 552 g/mol. The highest BCUT2D eigenvalue weighted by Gasteiger charge is 2.35. The highest BCUT2D eigenvalue weighted by Crippen LogP contribution is 2.34. The van der Waals surface area contributed by atoms with Gasteiger partial charge in [0.05, 0.1) is 11.4 Å². The SMILES string of the molecule is C[C@H]1Cc2cc(Br)ccc2N1C(=O)CN(Cc1ccccc1F)S(=O)(=O)c1ccc(Cl)cc1. The van der Waals surface area contributed by atoms with Crippen molar-refractivity contribution in [2.24, 2.45) is 0 Å². The molecule has 3 aromatic carbocycles. The third kappa shape index (κ3) is 4.99. The summed E-state index contributed by atoms with van der Waals surface area (Å²) in [6.45, 7) is 1.21. The molecule has 0 N–H and O–H groups in total. The number of amides is 1. The van der Waals surface area contributed by atoms with E-state index in [-0.39, 0.29) is 29.0 Å². The number of benzene rings is 3.